The van der Waals surface area contributed by atoms with Crippen LogP contribution >= 0.6 is 11.6 Å². The number of carbonyl (C=O) groups excluding carboxylic acids is 4. The Bertz CT molecular complexity index is 2550. The molecule has 2 N–H and O–H groups in total. The van der Waals surface area contributed by atoms with Gasteiger partial charge in [-0.25, -0.2) is 4.39 Å². The van der Waals surface area contributed by atoms with Crippen molar-refractivity contribution in [1.29, 1.82) is 0 Å². The minimum Gasteiger partial charge on any atom is -0.508 e. The van der Waals surface area contributed by atoms with Gasteiger partial charge in [0.2, 0.25) is 11.8 Å². The van der Waals surface area contributed by atoms with Gasteiger partial charge in [0.05, 0.1) is 45.9 Å². The first-order chi connectivity index (χ1) is 28.4. The maximum atomic E-state index is 15.2. The fraction of sp³-hybridized carbons (Fsp3) is 0.217. The highest BCUT2D eigenvalue weighted by atomic mass is 35.5. The minimum absolute atomic E-state index is 0.0164. The Morgan fingerprint density at radius 3 is 2.02 bits per heavy atom. The lowest BCUT2D eigenvalue weighted by Gasteiger charge is -2.50. The number of halogens is 2. The Labute approximate surface area is 344 Å². The van der Waals surface area contributed by atoms with Crippen LogP contribution in [0.3, 0.4) is 0 Å². The predicted molar refractivity (Wildman–Crippen MR) is 221 cm³/mol. The molecule has 13 heteroatoms. The standard InChI is InChI=1S/C46H38ClFN6O5/c1-52(2)33-17-13-30(14-18-33)49-50-31-15-19-34(20-16-31)53-42(56)37-24-23-36-38(40(37)44(53)58)25-39-43(57)54(51-32-11-9-29(48)10-12-32)45(59)46(39,27-5-7-28(47)8-6-27)41(36)26-3-21-35(55)22-4-26/h3-23,37-41,51,55H,24-25H2,1-2H3/t37-,38+,39-,40-,41-,46+/m0/s1. The van der Waals surface area contributed by atoms with Crippen LogP contribution in [0, 0.1) is 29.5 Å². The van der Waals surface area contributed by atoms with Crippen molar-refractivity contribution in [1.82, 2.24) is 5.01 Å². The summed E-state index contributed by atoms with van der Waals surface area (Å²) in [4.78, 5) is 62.2. The van der Waals surface area contributed by atoms with Crippen molar-refractivity contribution in [2.45, 2.75) is 24.2 Å². The van der Waals surface area contributed by atoms with Gasteiger partial charge in [0.1, 0.15) is 11.6 Å². The Morgan fingerprint density at radius 2 is 1.39 bits per heavy atom. The van der Waals surface area contributed by atoms with Crippen molar-refractivity contribution in [2.75, 3.05) is 29.3 Å². The van der Waals surface area contributed by atoms with Gasteiger partial charge >= 0.3 is 0 Å². The highest BCUT2D eigenvalue weighted by Crippen LogP contribution is 2.64. The van der Waals surface area contributed by atoms with Gasteiger partial charge in [0, 0.05) is 30.7 Å². The molecule has 9 rings (SSSR count). The summed E-state index contributed by atoms with van der Waals surface area (Å²) < 4.78 is 13.9. The van der Waals surface area contributed by atoms with Crippen LogP contribution in [0.15, 0.2) is 143 Å². The summed E-state index contributed by atoms with van der Waals surface area (Å²) in [6, 6.07) is 33.1. The van der Waals surface area contributed by atoms with Crippen molar-refractivity contribution in [3.05, 3.63) is 155 Å². The molecule has 0 unspecified atom stereocenters. The third-order valence-electron chi connectivity index (χ3n) is 12.2. The lowest BCUT2D eigenvalue weighted by molar-refractivity contribution is -0.138. The van der Waals surface area contributed by atoms with Crippen LogP contribution < -0.4 is 15.2 Å². The van der Waals surface area contributed by atoms with Crippen LogP contribution in [-0.4, -0.2) is 47.8 Å². The number of rotatable bonds is 8. The van der Waals surface area contributed by atoms with Gasteiger partial charge in [-0.15, -0.1) is 0 Å². The van der Waals surface area contributed by atoms with Gasteiger partial charge < -0.3 is 10.0 Å². The summed E-state index contributed by atoms with van der Waals surface area (Å²) in [7, 11) is 3.91. The van der Waals surface area contributed by atoms with E-state index in [1.807, 2.05) is 49.3 Å². The van der Waals surface area contributed by atoms with Gasteiger partial charge in [-0.2, -0.15) is 15.2 Å². The number of nitrogens with zero attached hydrogens (tertiary/aromatic N) is 5. The number of phenolic OH excluding ortho intramolecular Hbond substituents is 1. The number of aromatic hydroxyl groups is 1. The molecule has 3 fully saturated rings. The second-order valence-corrected chi connectivity index (χ2v) is 16.0. The average molecular weight is 809 g/mol. The fourth-order valence-electron chi connectivity index (χ4n) is 9.55. The molecule has 0 aromatic heterocycles. The molecule has 1 saturated carbocycles. The normalized spacial score (nSPS) is 24.9. The summed E-state index contributed by atoms with van der Waals surface area (Å²) in [5, 5.41) is 20.5. The van der Waals surface area contributed by atoms with E-state index in [4.69, 9.17) is 11.6 Å². The van der Waals surface area contributed by atoms with Gasteiger partial charge in [0.25, 0.3) is 11.8 Å². The molecular weight excluding hydrogens is 771 g/mol. The zero-order chi connectivity index (χ0) is 41.2. The van der Waals surface area contributed by atoms with Crippen LogP contribution in [0.5, 0.6) is 5.75 Å². The molecule has 59 heavy (non-hydrogen) atoms. The number of azo groups is 1. The number of benzene rings is 5. The van der Waals surface area contributed by atoms with Crippen molar-refractivity contribution >= 4 is 63.7 Å². The number of fused-ring (bicyclic) bond motifs is 4. The Hall–Kier alpha value is -6.66. The molecule has 0 spiro atoms. The number of hydrogen-bond donors (Lipinski definition) is 2. The van der Waals surface area contributed by atoms with Gasteiger partial charge in [0.15, 0.2) is 0 Å². The quantitative estimate of drug-likeness (QED) is 0.0909. The summed E-state index contributed by atoms with van der Waals surface area (Å²) in [6.07, 6.45) is 2.30. The van der Waals surface area contributed by atoms with E-state index in [0.29, 0.717) is 38.9 Å². The van der Waals surface area contributed by atoms with Gasteiger partial charge in [-0.05, 0) is 127 Å². The molecular formula is C46H38ClFN6O5. The zero-order valence-corrected chi connectivity index (χ0v) is 32.8. The van der Waals surface area contributed by atoms with E-state index in [1.54, 1.807) is 60.7 Å². The summed E-state index contributed by atoms with van der Waals surface area (Å²) in [5.74, 6) is -6.11. The largest absolute Gasteiger partial charge is 0.508 e. The molecule has 5 aromatic carbocycles. The molecule has 296 valence electrons. The lowest BCUT2D eigenvalue weighted by Crippen LogP contribution is -2.53. The number of amides is 4. The number of imide groups is 2. The first-order valence-corrected chi connectivity index (χ1v) is 19.7. The van der Waals surface area contributed by atoms with E-state index in [0.717, 1.165) is 16.3 Å². The van der Waals surface area contributed by atoms with E-state index in [1.165, 1.54) is 41.3 Å². The SMILES string of the molecule is CN(C)c1ccc(N=Nc2ccc(N3C(=O)[C@H]4[C@H](CC=C5[C@H]4C[C@H]4C(=O)N(Nc6ccc(F)cc6)C(=O)[C@@]4(c4ccc(Cl)cc4)[C@H]5c4ccc(O)cc4)C3=O)cc2)cc1. The van der Waals surface area contributed by atoms with E-state index in [2.05, 4.69) is 15.7 Å². The van der Waals surface area contributed by atoms with Crippen LogP contribution in [0.2, 0.25) is 5.02 Å². The second-order valence-electron chi connectivity index (χ2n) is 15.6. The van der Waals surface area contributed by atoms with Crippen molar-refractivity contribution in [3.63, 3.8) is 0 Å². The number of hydrogen-bond acceptors (Lipinski definition) is 9. The molecule has 4 amide bonds. The van der Waals surface area contributed by atoms with Gasteiger partial charge in [-0.3, -0.25) is 29.5 Å². The van der Waals surface area contributed by atoms with Crippen molar-refractivity contribution in [3.8, 4) is 5.75 Å². The highest BCUT2D eigenvalue weighted by Gasteiger charge is 2.70. The van der Waals surface area contributed by atoms with Crippen molar-refractivity contribution < 1.29 is 28.7 Å². The Morgan fingerprint density at radius 1 is 0.763 bits per heavy atom. The fourth-order valence-corrected chi connectivity index (χ4v) is 9.68. The first-order valence-electron chi connectivity index (χ1n) is 19.3. The maximum Gasteiger partial charge on any atom is 0.260 e. The minimum atomic E-state index is -1.52. The van der Waals surface area contributed by atoms with Crippen LogP contribution in [0.25, 0.3) is 0 Å². The number of phenols is 1. The maximum absolute atomic E-state index is 15.2. The number of anilines is 3. The molecule has 2 heterocycles. The third-order valence-corrected chi connectivity index (χ3v) is 12.5. The molecule has 4 aliphatic rings. The third kappa shape index (κ3) is 6.26. The van der Waals surface area contributed by atoms with Crippen LogP contribution in [0.1, 0.15) is 29.9 Å². The molecule has 2 aliphatic carbocycles. The molecule has 2 saturated heterocycles. The molecule has 0 radical (unpaired) electrons. The second kappa shape index (κ2) is 14.6. The van der Waals surface area contributed by atoms with E-state index < -0.39 is 52.6 Å². The molecule has 0 bridgehead atoms. The number of nitrogens with one attached hydrogen (secondary N) is 1. The topological polar surface area (TPSA) is 135 Å². The highest BCUT2D eigenvalue weighted by molar-refractivity contribution is 6.30. The number of hydrazine groups is 1. The molecule has 11 nitrogen and oxygen atoms in total. The Balaban J connectivity index is 1.09. The molecule has 6 atom stereocenters. The monoisotopic (exact) mass is 808 g/mol. The van der Waals surface area contributed by atoms with E-state index in [-0.39, 0.29) is 30.4 Å². The van der Waals surface area contributed by atoms with Crippen LogP contribution in [0.4, 0.5) is 32.8 Å². The predicted octanol–water partition coefficient (Wildman–Crippen LogP) is 8.86. The van der Waals surface area contributed by atoms with Crippen LogP contribution in [-0.2, 0) is 24.6 Å². The van der Waals surface area contributed by atoms with E-state index >= 15 is 4.79 Å². The lowest BCUT2D eigenvalue weighted by atomic mass is 9.49. The van der Waals surface area contributed by atoms with E-state index in [9.17, 15) is 23.9 Å². The molecule has 5 aromatic rings. The van der Waals surface area contributed by atoms with Gasteiger partial charge in [-0.1, -0.05) is 47.5 Å². The summed E-state index contributed by atoms with van der Waals surface area (Å²) >= 11 is 6.37. The summed E-state index contributed by atoms with van der Waals surface area (Å²) in [5.41, 5.74) is 6.36. The summed E-state index contributed by atoms with van der Waals surface area (Å²) in [6.45, 7) is 0. The molecule has 2 aliphatic heterocycles. The Kier molecular flexibility index (Phi) is 9.39. The van der Waals surface area contributed by atoms with Crippen molar-refractivity contribution in [2.24, 2.45) is 33.9 Å². The first kappa shape index (κ1) is 37.9. The smallest absolute Gasteiger partial charge is 0.260 e. The average Bonchev–Trinajstić information content (AvgIpc) is 3.62. The number of carbonyl (C=O) groups is 4. The zero-order valence-electron chi connectivity index (χ0n) is 32.0. The number of allylic oxidation sites excluding steroid dienone is 2.